The SMILES string of the molecule is OC(Cc1ccncc1Cl)CC1CCCCCC1. The van der Waals surface area contributed by atoms with Gasteiger partial charge in [0.1, 0.15) is 0 Å². The van der Waals surface area contributed by atoms with Crippen molar-refractivity contribution in [2.24, 2.45) is 5.92 Å². The first-order valence-corrected chi connectivity index (χ1v) is 7.40. The summed E-state index contributed by atoms with van der Waals surface area (Å²) in [6.45, 7) is 0. The first kappa shape index (κ1) is 13.8. The third kappa shape index (κ3) is 4.25. The monoisotopic (exact) mass is 267 g/mol. The van der Waals surface area contributed by atoms with E-state index in [0.29, 0.717) is 17.4 Å². The van der Waals surface area contributed by atoms with Crippen molar-refractivity contribution in [3.63, 3.8) is 0 Å². The van der Waals surface area contributed by atoms with Crippen LogP contribution in [0.2, 0.25) is 5.02 Å². The molecule has 1 aliphatic rings. The maximum absolute atomic E-state index is 10.2. The number of halogens is 1. The molecular weight excluding hydrogens is 246 g/mol. The summed E-state index contributed by atoms with van der Waals surface area (Å²) in [5.74, 6) is 0.697. The van der Waals surface area contributed by atoms with Crippen molar-refractivity contribution in [3.8, 4) is 0 Å². The number of pyridine rings is 1. The summed E-state index contributed by atoms with van der Waals surface area (Å²) in [7, 11) is 0. The third-order valence-electron chi connectivity index (χ3n) is 3.89. The second kappa shape index (κ2) is 7.10. The number of nitrogens with zero attached hydrogens (tertiary/aromatic N) is 1. The smallest absolute Gasteiger partial charge is 0.0622 e. The fourth-order valence-electron chi connectivity index (χ4n) is 2.89. The van der Waals surface area contributed by atoms with Crippen molar-refractivity contribution in [3.05, 3.63) is 29.0 Å². The highest BCUT2D eigenvalue weighted by atomic mass is 35.5. The number of aromatic nitrogens is 1. The van der Waals surface area contributed by atoms with Gasteiger partial charge in [0.05, 0.1) is 11.1 Å². The molecule has 1 aromatic heterocycles. The minimum Gasteiger partial charge on any atom is -0.393 e. The van der Waals surface area contributed by atoms with Crippen LogP contribution in [0.3, 0.4) is 0 Å². The second-order valence-corrected chi connectivity index (χ2v) is 5.83. The maximum atomic E-state index is 10.2. The molecule has 0 saturated heterocycles. The van der Waals surface area contributed by atoms with Gasteiger partial charge >= 0.3 is 0 Å². The fourth-order valence-corrected chi connectivity index (χ4v) is 3.09. The first-order chi connectivity index (χ1) is 8.75. The average molecular weight is 268 g/mol. The van der Waals surface area contributed by atoms with Crippen LogP contribution in [0.25, 0.3) is 0 Å². The van der Waals surface area contributed by atoms with Gasteiger partial charge in [0, 0.05) is 12.4 Å². The molecule has 1 heterocycles. The van der Waals surface area contributed by atoms with E-state index in [9.17, 15) is 5.11 Å². The highest BCUT2D eigenvalue weighted by Gasteiger charge is 2.17. The molecule has 0 radical (unpaired) electrons. The Morgan fingerprint density at radius 2 is 2.00 bits per heavy atom. The van der Waals surface area contributed by atoms with Gasteiger partial charge in [-0.15, -0.1) is 0 Å². The Labute approximate surface area is 114 Å². The highest BCUT2D eigenvalue weighted by Crippen LogP contribution is 2.27. The topological polar surface area (TPSA) is 33.1 Å². The molecule has 100 valence electrons. The second-order valence-electron chi connectivity index (χ2n) is 5.42. The van der Waals surface area contributed by atoms with Crippen LogP contribution in [0.4, 0.5) is 0 Å². The van der Waals surface area contributed by atoms with Crippen LogP contribution in [-0.2, 0) is 6.42 Å². The molecule has 2 rings (SSSR count). The molecule has 1 aliphatic carbocycles. The van der Waals surface area contributed by atoms with E-state index in [0.717, 1.165) is 12.0 Å². The van der Waals surface area contributed by atoms with Gasteiger partial charge in [-0.1, -0.05) is 50.1 Å². The van der Waals surface area contributed by atoms with E-state index in [2.05, 4.69) is 4.98 Å². The summed E-state index contributed by atoms with van der Waals surface area (Å²) >= 11 is 6.06. The van der Waals surface area contributed by atoms with E-state index in [1.807, 2.05) is 6.07 Å². The van der Waals surface area contributed by atoms with Crippen LogP contribution in [0.15, 0.2) is 18.5 Å². The van der Waals surface area contributed by atoms with E-state index in [4.69, 9.17) is 11.6 Å². The van der Waals surface area contributed by atoms with Crippen LogP contribution in [0, 0.1) is 5.92 Å². The summed E-state index contributed by atoms with van der Waals surface area (Å²) in [6, 6.07) is 1.90. The van der Waals surface area contributed by atoms with E-state index in [-0.39, 0.29) is 6.10 Å². The number of aliphatic hydroxyl groups is 1. The minimum absolute atomic E-state index is 0.270. The van der Waals surface area contributed by atoms with Gasteiger partial charge in [-0.05, 0) is 30.4 Å². The zero-order chi connectivity index (χ0) is 12.8. The van der Waals surface area contributed by atoms with Crippen molar-refractivity contribution in [1.29, 1.82) is 0 Å². The van der Waals surface area contributed by atoms with Crippen LogP contribution >= 0.6 is 11.6 Å². The summed E-state index contributed by atoms with van der Waals surface area (Å²) < 4.78 is 0. The quantitative estimate of drug-likeness (QED) is 0.837. The van der Waals surface area contributed by atoms with E-state index < -0.39 is 0 Å². The molecule has 1 N–H and O–H groups in total. The number of hydrogen-bond donors (Lipinski definition) is 1. The standard InChI is InChI=1S/C15H22ClNO/c16-15-11-17-8-7-13(15)10-14(18)9-12-5-3-1-2-4-6-12/h7-8,11-12,14,18H,1-6,9-10H2. The molecule has 0 aromatic carbocycles. The zero-order valence-corrected chi connectivity index (χ0v) is 11.6. The van der Waals surface area contributed by atoms with E-state index in [1.54, 1.807) is 12.4 Å². The molecule has 1 atom stereocenters. The molecule has 1 fully saturated rings. The first-order valence-electron chi connectivity index (χ1n) is 7.02. The lowest BCUT2D eigenvalue weighted by Gasteiger charge is -2.18. The largest absolute Gasteiger partial charge is 0.393 e. The lowest BCUT2D eigenvalue weighted by Crippen LogP contribution is -2.16. The lowest BCUT2D eigenvalue weighted by molar-refractivity contribution is 0.137. The van der Waals surface area contributed by atoms with E-state index >= 15 is 0 Å². The number of aliphatic hydroxyl groups excluding tert-OH is 1. The Morgan fingerprint density at radius 3 is 2.67 bits per heavy atom. The Bertz CT molecular complexity index is 361. The van der Waals surface area contributed by atoms with Crippen molar-refractivity contribution in [2.75, 3.05) is 0 Å². The molecule has 1 aromatic rings. The molecule has 3 heteroatoms. The Balaban J connectivity index is 1.84. The fraction of sp³-hybridized carbons (Fsp3) is 0.667. The molecule has 1 saturated carbocycles. The molecule has 0 bridgehead atoms. The summed E-state index contributed by atoms with van der Waals surface area (Å²) in [5, 5.41) is 10.9. The van der Waals surface area contributed by atoms with Crippen LogP contribution in [-0.4, -0.2) is 16.2 Å². The Hall–Kier alpha value is -0.600. The molecule has 0 aliphatic heterocycles. The number of rotatable bonds is 4. The molecule has 2 nitrogen and oxygen atoms in total. The van der Waals surface area contributed by atoms with Gasteiger partial charge in [0.15, 0.2) is 0 Å². The summed E-state index contributed by atoms with van der Waals surface area (Å²) in [4.78, 5) is 3.97. The van der Waals surface area contributed by atoms with Crippen molar-refractivity contribution in [2.45, 2.75) is 57.5 Å². The van der Waals surface area contributed by atoms with Gasteiger partial charge in [-0.25, -0.2) is 0 Å². The Morgan fingerprint density at radius 1 is 1.28 bits per heavy atom. The summed E-state index contributed by atoms with van der Waals surface area (Å²) in [6.07, 6.45) is 12.6. The van der Waals surface area contributed by atoms with E-state index in [1.165, 1.54) is 38.5 Å². The van der Waals surface area contributed by atoms with Gasteiger partial charge in [-0.3, -0.25) is 4.98 Å². The van der Waals surface area contributed by atoms with Gasteiger partial charge in [0.2, 0.25) is 0 Å². The van der Waals surface area contributed by atoms with Crippen molar-refractivity contribution < 1.29 is 5.11 Å². The molecule has 1 unspecified atom stereocenters. The lowest BCUT2D eigenvalue weighted by atomic mass is 9.91. The molecular formula is C15H22ClNO. The van der Waals surface area contributed by atoms with Crippen molar-refractivity contribution in [1.82, 2.24) is 4.98 Å². The maximum Gasteiger partial charge on any atom is 0.0622 e. The molecule has 0 amide bonds. The normalized spacial score (nSPS) is 19.4. The van der Waals surface area contributed by atoms with Crippen LogP contribution < -0.4 is 0 Å². The zero-order valence-electron chi connectivity index (χ0n) is 10.8. The molecule has 0 spiro atoms. The average Bonchev–Trinajstić information content (AvgIpc) is 2.61. The van der Waals surface area contributed by atoms with Gasteiger partial charge in [-0.2, -0.15) is 0 Å². The van der Waals surface area contributed by atoms with Crippen LogP contribution in [0.1, 0.15) is 50.5 Å². The molecule has 18 heavy (non-hydrogen) atoms. The van der Waals surface area contributed by atoms with Gasteiger partial charge < -0.3 is 5.11 Å². The third-order valence-corrected chi connectivity index (χ3v) is 4.23. The minimum atomic E-state index is -0.270. The Kier molecular flexibility index (Phi) is 5.45. The van der Waals surface area contributed by atoms with Crippen LogP contribution in [0.5, 0.6) is 0 Å². The van der Waals surface area contributed by atoms with Crippen molar-refractivity contribution >= 4 is 11.6 Å². The predicted octanol–water partition coefficient (Wildman–Crippen LogP) is 4.00. The summed E-state index contributed by atoms with van der Waals surface area (Å²) in [5.41, 5.74) is 1.01. The predicted molar refractivity (Wildman–Crippen MR) is 74.8 cm³/mol. The number of hydrogen-bond acceptors (Lipinski definition) is 2. The highest BCUT2D eigenvalue weighted by molar-refractivity contribution is 6.31. The van der Waals surface area contributed by atoms with Gasteiger partial charge in [0.25, 0.3) is 0 Å².